The molecule has 2 rings (SSSR count). The van der Waals surface area contributed by atoms with E-state index >= 15 is 0 Å². The molecule has 22 heavy (non-hydrogen) atoms. The second-order valence-corrected chi connectivity index (χ2v) is 4.71. The van der Waals surface area contributed by atoms with Crippen LogP contribution in [0.25, 0.3) is 0 Å². The first-order valence-corrected chi connectivity index (χ1v) is 6.58. The molecular formula is C15H18N2O5. The molecule has 1 aromatic carbocycles. The van der Waals surface area contributed by atoms with Crippen molar-refractivity contribution in [1.82, 2.24) is 5.43 Å². The number of hydrazine groups is 1. The molecule has 1 atom stereocenters. The number of anilines is 1. The zero-order chi connectivity index (χ0) is 16.4. The van der Waals surface area contributed by atoms with Crippen LogP contribution in [-0.4, -0.2) is 39.1 Å². The van der Waals surface area contributed by atoms with Crippen LogP contribution in [-0.2, 0) is 9.53 Å². The largest absolute Gasteiger partial charge is 0.493 e. The summed E-state index contributed by atoms with van der Waals surface area (Å²) in [6.45, 7) is 5.21. The van der Waals surface area contributed by atoms with Crippen LogP contribution >= 0.6 is 0 Å². The number of hydrogen-bond donors (Lipinski definition) is 1. The number of carbonyl (C=O) groups is 2. The van der Waals surface area contributed by atoms with E-state index in [1.165, 1.54) is 26.3 Å². The maximum Gasteiger partial charge on any atom is 0.307 e. The number of Topliss-reactive ketones (excluding diaryl/α,β-unsaturated/α-hetero) is 1. The van der Waals surface area contributed by atoms with E-state index in [-0.39, 0.29) is 11.5 Å². The number of ether oxygens (including phenoxy) is 3. The Morgan fingerprint density at radius 3 is 2.36 bits per heavy atom. The average molecular weight is 306 g/mol. The van der Waals surface area contributed by atoms with Crippen molar-refractivity contribution in [2.45, 2.75) is 13.0 Å². The van der Waals surface area contributed by atoms with E-state index in [9.17, 15) is 9.59 Å². The number of carbonyl (C=O) groups excluding carboxylic acids is 2. The molecule has 0 aromatic heterocycles. The number of fused-ring (bicyclic) bond motifs is 1. The molecule has 1 aliphatic heterocycles. The Morgan fingerprint density at radius 1 is 1.23 bits per heavy atom. The summed E-state index contributed by atoms with van der Waals surface area (Å²) in [7, 11) is 4.31. The van der Waals surface area contributed by atoms with Crippen molar-refractivity contribution in [1.29, 1.82) is 0 Å². The van der Waals surface area contributed by atoms with Gasteiger partial charge in [0.05, 0.1) is 33.1 Å². The van der Waals surface area contributed by atoms with E-state index in [2.05, 4.69) is 12.0 Å². The molecule has 118 valence electrons. The number of hydrogen-bond acceptors (Lipinski definition) is 6. The lowest BCUT2D eigenvalue weighted by molar-refractivity contribution is -0.118. The number of methoxy groups -OCH3 is 3. The topological polar surface area (TPSA) is 77.1 Å². The van der Waals surface area contributed by atoms with Gasteiger partial charge in [0.2, 0.25) is 0 Å². The van der Waals surface area contributed by atoms with Crippen molar-refractivity contribution in [2.24, 2.45) is 0 Å². The molecule has 0 saturated heterocycles. The Hall–Kier alpha value is -2.54. The maximum absolute atomic E-state index is 12.4. The predicted octanol–water partition coefficient (Wildman–Crippen LogP) is 1.29. The first-order chi connectivity index (χ1) is 10.4. The SMILES string of the molecule is C=C(OC)C(=O)N1NC(C)C(=O)c2cc(OC)c(OC)cc21. The van der Waals surface area contributed by atoms with Gasteiger partial charge in [-0.3, -0.25) is 9.59 Å². The minimum absolute atomic E-state index is 0.0465. The third-order valence-electron chi connectivity index (χ3n) is 3.41. The molecule has 1 unspecified atom stereocenters. The molecule has 1 amide bonds. The molecule has 0 aliphatic carbocycles. The van der Waals surface area contributed by atoms with Crippen LogP contribution in [0.1, 0.15) is 17.3 Å². The van der Waals surface area contributed by atoms with Crippen LogP contribution in [0.3, 0.4) is 0 Å². The highest BCUT2D eigenvalue weighted by atomic mass is 16.5. The first-order valence-electron chi connectivity index (χ1n) is 6.58. The number of nitrogens with zero attached hydrogens (tertiary/aromatic N) is 1. The summed E-state index contributed by atoms with van der Waals surface area (Å²) in [6, 6.07) is 2.55. The van der Waals surface area contributed by atoms with E-state index in [0.717, 1.165) is 0 Å². The minimum Gasteiger partial charge on any atom is -0.493 e. The molecule has 7 heteroatoms. The molecule has 0 radical (unpaired) electrons. The van der Waals surface area contributed by atoms with Crippen LogP contribution in [0.2, 0.25) is 0 Å². The van der Waals surface area contributed by atoms with Gasteiger partial charge in [-0.1, -0.05) is 6.58 Å². The quantitative estimate of drug-likeness (QED) is 0.667. The van der Waals surface area contributed by atoms with Gasteiger partial charge in [0.15, 0.2) is 23.0 Å². The number of amides is 1. The molecule has 0 spiro atoms. The van der Waals surface area contributed by atoms with Crippen LogP contribution in [0, 0.1) is 0 Å². The van der Waals surface area contributed by atoms with Crippen LogP contribution in [0.5, 0.6) is 11.5 Å². The van der Waals surface area contributed by atoms with Gasteiger partial charge in [0.25, 0.3) is 0 Å². The molecule has 1 heterocycles. The number of nitrogens with one attached hydrogen (secondary N) is 1. The van der Waals surface area contributed by atoms with E-state index in [1.807, 2.05) is 0 Å². The maximum atomic E-state index is 12.4. The molecule has 7 nitrogen and oxygen atoms in total. The van der Waals surface area contributed by atoms with Crippen LogP contribution in [0.4, 0.5) is 5.69 Å². The summed E-state index contributed by atoms with van der Waals surface area (Å²) in [6.07, 6.45) is 0. The lowest BCUT2D eigenvalue weighted by atomic mass is 10.00. The van der Waals surface area contributed by atoms with Gasteiger partial charge in [-0.05, 0) is 13.0 Å². The number of ketones is 1. The Bertz CT molecular complexity index is 641. The van der Waals surface area contributed by atoms with Crippen molar-refractivity contribution in [2.75, 3.05) is 26.3 Å². The molecule has 0 bridgehead atoms. The number of rotatable bonds is 4. The third-order valence-corrected chi connectivity index (χ3v) is 3.41. The lowest BCUT2D eigenvalue weighted by Crippen LogP contribution is -2.54. The van der Waals surface area contributed by atoms with Gasteiger partial charge in [0.1, 0.15) is 0 Å². The Labute approximate surface area is 128 Å². The minimum atomic E-state index is -0.570. The van der Waals surface area contributed by atoms with Gasteiger partial charge >= 0.3 is 5.91 Å². The summed E-state index contributed by atoms with van der Waals surface area (Å²) < 4.78 is 15.3. The first kappa shape index (κ1) is 15.8. The highest BCUT2D eigenvalue weighted by Crippen LogP contribution is 2.37. The zero-order valence-corrected chi connectivity index (χ0v) is 12.9. The number of benzene rings is 1. The molecule has 0 saturated carbocycles. The Balaban J connectivity index is 2.59. The molecule has 1 N–H and O–H groups in total. The van der Waals surface area contributed by atoms with Gasteiger partial charge in [-0.25, -0.2) is 10.4 Å². The van der Waals surface area contributed by atoms with E-state index in [4.69, 9.17) is 14.2 Å². The predicted molar refractivity (Wildman–Crippen MR) is 80.1 cm³/mol. The van der Waals surface area contributed by atoms with E-state index < -0.39 is 11.9 Å². The highest BCUT2D eigenvalue weighted by molar-refractivity contribution is 6.13. The molecular weight excluding hydrogens is 288 g/mol. The fourth-order valence-electron chi connectivity index (χ4n) is 2.19. The normalized spacial score (nSPS) is 16.8. The second kappa shape index (κ2) is 6.07. The second-order valence-electron chi connectivity index (χ2n) is 4.71. The fourth-order valence-corrected chi connectivity index (χ4v) is 2.19. The van der Waals surface area contributed by atoms with Crippen molar-refractivity contribution in [3.63, 3.8) is 0 Å². The molecule has 1 aromatic rings. The Kier molecular flexibility index (Phi) is 4.37. The monoisotopic (exact) mass is 306 g/mol. The Morgan fingerprint density at radius 2 is 1.82 bits per heavy atom. The molecule has 0 fully saturated rings. The summed E-state index contributed by atoms with van der Waals surface area (Å²) in [5.74, 6) is 0.140. The van der Waals surface area contributed by atoms with Crippen LogP contribution < -0.4 is 19.9 Å². The van der Waals surface area contributed by atoms with Gasteiger partial charge in [-0.2, -0.15) is 0 Å². The molecule has 1 aliphatic rings. The smallest absolute Gasteiger partial charge is 0.307 e. The zero-order valence-electron chi connectivity index (χ0n) is 12.9. The van der Waals surface area contributed by atoms with Gasteiger partial charge in [0, 0.05) is 11.6 Å². The van der Waals surface area contributed by atoms with Gasteiger partial charge < -0.3 is 14.2 Å². The lowest BCUT2D eigenvalue weighted by Gasteiger charge is -2.33. The van der Waals surface area contributed by atoms with Gasteiger partial charge in [-0.15, -0.1) is 0 Å². The average Bonchev–Trinajstić information content (AvgIpc) is 2.55. The van der Waals surface area contributed by atoms with Crippen molar-refractivity contribution in [3.8, 4) is 11.5 Å². The third kappa shape index (κ3) is 2.50. The summed E-state index contributed by atoms with van der Waals surface area (Å²) >= 11 is 0. The van der Waals surface area contributed by atoms with E-state index in [1.54, 1.807) is 19.1 Å². The summed E-state index contributed by atoms with van der Waals surface area (Å²) in [4.78, 5) is 24.7. The standard InChI is InChI=1S/C15H18N2O5/c1-8-14(18)10-6-12(21-4)13(22-5)7-11(10)17(16-8)15(19)9(2)20-3/h6-8,16H,2H2,1,3-5H3. The van der Waals surface area contributed by atoms with Crippen molar-refractivity contribution in [3.05, 3.63) is 30.0 Å². The van der Waals surface area contributed by atoms with Crippen LogP contribution in [0.15, 0.2) is 24.5 Å². The van der Waals surface area contributed by atoms with E-state index in [0.29, 0.717) is 22.7 Å². The highest BCUT2D eigenvalue weighted by Gasteiger charge is 2.34. The van der Waals surface area contributed by atoms with Crippen molar-refractivity contribution < 1.29 is 23.8 Å². The fraction of sp³-hybridized carbons (Fsp3) is 0.333. The van der Waals surface area contributed by atoms with Crippen molar-refractivity contribution >= 4 is 17.4 Å². The summed E-state index contributed by atoms with van der Waals surface area (Å²) in [5, 5.41) is 1.23. The summed E-state index contributed by atoms with van der Waals surface area (Å²) in [5.41, 5.74) is 3.55.